The Labute approximate surface area is 142 Å². The summed E-state index contributed by atoms with van der Waals surface area (Å²) in [4.78, 5) is 12.1. The fourth-order valence-corrected chi connectivity index (χ4v) is 2.61. The molecular weight excluding hydrogens is 306 g/mol. The van der Waals surface area contributed by atoms with Gasteiger partial charge in [0.25, 0.3) is 5.91 Å². The molecule has 1 aliphatic heterocycles. The average molecular weight is 331 g/mol. The van der Waals surface area contributed by atoms with Crippen LogP contribution in [0.1, 0.15) is 39.7 Å². The number of ether oxygens (including phenoxy) is 1. The molecule has 0 radical (unpaired) electrons. The smallest absolute Gasteiger partial charge is 0.276 e. The highest BCUT2D eigenvalue weighted by atomic mass is 16.5. The zero-order valence-corrected chi connectivity index (χ0v) is 14.6. The third-order valence-corrected chi connectivity index (χ3v) is 3.80. The first-order chi connectivity index (χ1) is 11.3. The van der Waals surface area contributed by atoms with Crippen molar-refractivity contribution in [2.75, 3.05) is 6.61 Å². The van der Waals surface area contributed by atoms with Crippen LogP contribution in [0.15, 0.2) is 41.5 Å². The predicted octanol–water partition coefficient (Wildman–Crippen LogP) is 3.38. The minimum absolute atomic E-state index is 0.240. The zero-order chi connectivity index (χ0) is 17.9. The summed E-state index contributed by atoms with van der Waals surface area (Å²) in [5.41, 5.74) is 2.81. The van der Waals surface area contributed by atoms with E-state index in [1.54, 1.807) is 24.3 Å². The Morgan fingerprint density at radius 2 is 1.92 bits per heavy atom. The summed E-state index contributed by atoms with van der Waals surface area (Å²) >= 11 is 0. The second-order valence-corrected chi connectivity index (χ2v) is 6.63. The average Bonchev–Trinajstić information content (AvgIpc) is 2.72. The number of carbonyl (C=O) groups is 1. The lowest BCUT2D eigenvalue weighted by molar-refractivity contribution is -0.184. The highest BCUT2D eigenvalue weighted by Gasteiger charge is 2.38. The van der Waals surface area contributed by atoms with Gasteiger partial charge in [-0.15, -0.1) is 0 Å². The van der Waals surface area contributed by atoms with E-state index >= 15 is 0 Å². The Balaban J connectivity index is 2.26. The standard InChI is InChI=1S/C19H25NO4/c1-12(2)9-10-24-15-7-5-14(6-8-15)17-16(11-13(3)4)18(21)20(23)19(17)22/h5-9,13,19,22-23H,10-11H2,1-4H3/t19-/m1/s1. The van der Waals surface area contributed by atoms with E-state index in [0.29, 0.717) is 40.6 Å². The molecule has 0 aromatic heterocycles. The van der Waals surface area contributed by atoms with Gasteiger partial charge in [0.05, 0.1) is 0 Å². The molecule has 0 spiro atoms. The first-order valence-corrected chi connectivity index (χ1v) is 8.11. The molecule has 1 aromatic rings. The van der Waals surface area contributed by atoms with Crippen molar-refractivity contribution in [3.05, 3.63) is 47.1 Å². The second kappa shape index (κ2) is 7.64. The number of aliphatic hydroxyl groups excluding tert-OH is 1. The van der Waals surface area contributed by atoms with Crippen LogP contribution in [0.4, 0.5) is 0 Å². The van der Waals surface area contributed by atoms with E-state index in [-0.39, 0.29) is 5.92 Å². The summed E-state index contributed by atoms with van der Waals surface area (Å²) < 4.78 is 5.61. The van der Waals surface area contributed by atoms with Crippen LogP contribution in [0.2, 0.25) is 0 Å². The maximum Gasteiger partial charge on any atom is 0.276 e. The molecule has 5 heteroatoms. The second-order valence-electron chi connectivity index (χ2n) is 6.63. The number of benzene rings is 1. The summed E-state index contributed by atoms with van der Waals surface area (Å²) in [5.74, 6) is 0.418. The molecule has 5 nitrogen and oxygen atoms in total. The van der Waals surface area contributed by atoms with Gasteiger partial charge in [-0.1, -0.05) is 31.6 Å². The SMILES string of the molecule is CC(C)=CCOc1ccc(C2=C(CC(C)C)C(=O)N(O)[C@@H]2O)cc1. The van der Waals surface area contributed by atoms with Crippen molar-refractivity contribution in [3.63, 3.8) is 0 Å². The number of aliphatic hydroxyl groups is 1. The minimum Gasteiger partial charge on any atom is -0.490 e. The van der Waals surface area contributed by atoms with Crippen LogP contribution < -0.4 is 4.74 Å². The van der Waals surface area contributed by atoms with E-state index < -0.39 is 12.1 Å². The van der Waals surface area contributed by atoms with E-state index in [4.69, 9.17) is 4.74 Å². The molecule has 24 heavy (non-hydrogen) atoms. The fraction of sp³-hybridized carbons (Fsp3) is 0.421. The lowest BCUT2D eigenvalue weighted by Gasteiger charge is -2.15. The van der Waals surface area contributed by atoms with Gasteiger partial charge in [0.2, 0.25) is 0 Å². The van der Waals surface area contributed by atoms with Gasteiger partial charge >= 0.3 is 0 Å². The molecule has 0 saturated carbocycles. The zero-order valence-electron chi connectivity index (χ0n) is 14.6. The van der Waals surface area contributed by atoms with Crippen molar-refractivity contribution in [3.8, 4) is 5.75 Å². The van der Waals surface area contributed by atoms with Crippen molar-refractivity contribution in [2.45, 2.75) is 40.3 Å². The van der Waals surface area contributed by atoms with Crippen molar-refractivity contribution in [2.24, 2.45) is 5.92 Å². The van der Waals surface area contributed by atoms with Crippen LogP contribution in [-0.4, -0.2) is 34.1 Å². The maximum atomic E-state index is 12.1. The van der Waals surface area contributed by atoms with E-state index in [1.165, 1.54) is 5.57 Å². The van der Waals surface area contributed by atoms with Crippen LogP contribution in [0, 0.1) is 5.92 Å². The molecule has 1 atom stereocenters. The highest BCUT2D eigenvalue weighted by molar-refractivity contribution is 6.06. The van der Waals surface area contributed by atoms with E-state index in [9.17, 15) is 15.1 Å². The highest BCUT2D eigenvalue weighted by Crippen LogP contribution is 2.35. The summed E-state index contributed by atoms with van der Waals surface area (Å²) in [6.07, 6.45) is 1.16. The Kier molecular flexibility index (Phi) is 5.80. The van der Waals surface area contributed by atoms with E-state index in [1.807, 2.05) is 33.8 Å². The van der Waals surface area contributed by atoms with Crippen LogP contribution in [-0.2, 0) is 4.79 Å². The largest absolute Gasteiger partial charge is 0.490 e. The minimum atomic E-state index is -1.33. The number of rotatable bonds is 6. The number of nitrogens with zero attached hydrogens (tertiary/aromatic N) is 1. The Morgan fingerprint density at radius 3 is 2.46 bits per heavy atom. The molecule has 1 amide bonds. The molecule has 2 N–H and O–H groups in total. The molecule has 1 heterocycles. The quantitative estimate of drug-likeness (QED) is 0.619. The summed E-state index contributed by atoms with van der Waals surface area (Å²) in [5, 5.41) is 20.4. The van der Waals surface area contributed by atoms with Gasteiger partial charge in [-0.05, 0) is 50.0 Å². The normalized spacial score (nSPS) is 17.7. The Hall–Kier alpha value is -2.11. The van der Waals surface area contributed by atoms with Gasteiger partial charge in [0.15, 0.2) is 6.23 Å². The van der Waals surface area contributed by atoms with Gasteiger partial charge in [-0.25, -0.2) is 0 Å². The number of hydroxylamine groups is 2. The van der Waals surface area contributed by atoms with Crippen molar-refractivity contribution in [1.82, 2.24) is 5.06 Å². The molecule has 0 unspecified atom stereocenters. The van der Waals surface area contributed by atoms with Crippen molar-refractivity contribution in [1.29, 1.82) is 0 Å². The molecule has 2 rings (SSSR count). The molecule has 0 fully saturated rings. The molecule has 0 saturated heterocycles. The van der Waals surface area contributed by atoms with Crippen molar-refractivity contribution < 1.29 is 19.8 Å². The van der Waals surface area contributed by atoms with Crippen molar-refractivity contribution >= 4 is 11.5 Å². The number of carbonyl (C=O) groups excluding carboxylic acids is 1. The summed E-state index contributed by atoms with van der Waals surface area (Å²) in [6.45, 7) is 8.49. The molecule has 0 bridgehead atoms. The number of hydrogen-bond donors (Lipinski definition) is 2. The predicted molar refractivity (Wildman–Crippen MR) is 92.4 cm³/mol. The molecule has 1 aliphatic rings. The van der Waals surface area contributed by atoms with Crippen LogP contribution in [0.25, 0.3) is 5.57 Å². The molecule has 0 aliphatic carbocycles. The van der Waals surface area contributed by atoms with E-state index in [0.717, 1.165) is 0 Å². The third kappa shape index (κ3) is 4.04. The first kappa shape index (κ1) is 18.2. The Morgan fingerprint density at radius 1 is 1.29 bits per heavy atom. The van der Waals surface area contributed by atoms with Gasteiger partial charge in [0.1, 0.15) is 12.4 Å². The van der Waals surface area contributed by atoms with Gasteiger partial charge in [-0.2, -0.15) is 5.06 Å². The lowest BCUT2D eigenvalue weighted by atomic mass is 9.95. The number of allylic oxidation sites excluding steroid dienone is 1. The Bertz CT molecular complexity index is 654. The monoisotopic (exact) mass is 331 g/mol. The number of amides is 1. The molecular formula is C19H25NO4. The van der Waals surface area contributed by atoms with Gasteiger partial charge < -0.3 is 9.84 Å². The molecule has 1 aromatic carbocycles. The first-order valence-electron chi connectivity index (χ1n) is 8.11. The number of hydrogen-bond acceptors (Lipinski definition) is 4. The summed E-state index contributed by atoms with van der Waals surface area (Å²) in [7, 11) is 0. The van der Waals surface area contributed by atoms with Crippen LogP contribution in [0.5, 0.6) is 5.75 Å². The summed E-state index contributed by atoms with van der Waals surface area (Å²) in [6, 6.07) is 7.18. The van der Waals surface area contributed by atoms with Crippen LogP contribution >= 0.6 is 0 Å². The van der Waals surface area contributed by atoms with Crippen LogP contribution in [0.3, 0.4) is 0 Å². The van der Waals surface area contributed by atoms with Gasteiger partial charge in [0, 0.05) is 11.1 Å². The van der Waals surface area contributed by atoms with Gasteiger partial charge in [-0.3, -0.25) is 10.0 Å². The topological polar surface area (TPSA) is 70.0 Å². The maximum absolute atomic E-state index is 12.1. The fourth-order valence-electron chi connectivity index (χ4n) is 2.61. The third-order valence-electron chi connectivity index (χ3n) is 3.80. The van der Waals surface area contributed by atoms with E-state index in [2.05, 4.69) is 0 Å². The molecule has 130 valence electrons. The lowest BCUT2D eigenvalue weighted by Crippen LogP contribution is -2.31.